The van der Waals surface area contributed by atoms with Gasteiger partial charge in [-0.25, -0.2) is 10.9 Å². The first-order chi connectivity index (χ1) is 13.5. The van der Waals surface area contributed by atoms with Crippen molar-refractivity contribution in [2.45, 2.75) is 0 Å². The zero-order chi connectivity index (χ0) is 20.4. The van der Waals surface area contributed by atoms with Crippen molar-refractivity contribution in [1.29, 1.82) is 0 Å². The van der Waals surface area contributed by atoms with Gasteiger partial charge in [0, 0.05) is 11.6 Å². The molecular weight excluding hydrogens is 364 g/mol. The molecule has 0 aliphatic carbocycles. The number of hydroxylamine groups is 1. The van der Waals surface area contributed by atoms with Crippen LogP contribution in [0.5, 0.6) is 5.75 Å². The first kappa shape index (κ1) is 20.3. The molecule has 0 bridgehead atoms. The third-order valence-corrected chi connectivity index (χ3v) is 3.33. The predicted octanol–water partition coefficient (Wildman–Crippen LogP) is 0.833. The van der Waals surface area contributed by atoms with E-state index < -0.39 is 17.7 Å². The van der Waals surface area contributed by atoms with E-state index in [2.05, 4.69) is 10.5 Å². The number of benzene rings is 2. The lowest BCUT2D eigenvalue weighted by molar-refractivity contribution is -0.124. The number of carbonyl (C=O) groups excluding carboxylic acids is 3. The van der Waals surface area contributed by atoms with Crippen molar-refractivity contribution in [2.24, 2.45) is 10.8 Å². The molecule has 0 aliphatic heterocycles. The molecule has 9 nitrogen and oxygen atoms in total. The van der Waals surface area contributed by atoms with Gasteiger partial charge < -0.3 is 10.5 Å². The Kier molecular flexibility index (Phi) is 7.43. The van der Waals surface area contributed by atoms with Crippen LogP contribution < -0.4 is 21.4 Å². The van der Waals surface area contributed by atoms with E-state index >= 15 is 0 Å². The molecule has 9 heteroatoms. The van der Waals surface area contributed by atoms with Crippen LogP contribution in [0.3, 0.4) is 0 Å². The van der Waals surface area contributed by atoms with Crippen LogP contribution in [0.4, 0.5) is 0 Å². The van der Waals surface area contributed by atoms with Gasteiger partial charge in [0.25, 0.3) is 17.7 Å². The molecule has 2 aromatic carbocycles. The number of rotatable bonds is 8. The Labute approximate surface area is 160 Å². The molecule has 144 valence electrons. The zero-order valence-corrected chi connectivity index (χ0v) is 14.7. The number of hydrogen-bond donors (Lipinski definition) is 4. The van der Waals surface area contributed by atoms with Crippen molar-refractivity contribution in [2.75, 3.05) is 6.61 Å². The number of carbonyl (C=O) groups is 3. The lowest BCUT2D eigenvalue weighted by Crippen LogP contribution is -2.20. The summed E-state index contributed by atoms with van der Waals surface area (Å²) in [5, 5.41) is 12.3. The molecule has 2 aromatic rings. The molecular formula is C19H18N4O5. The second kappa shape index (κ2) is 10.2. The normalized spacial score (nSPS) is 10.8. The first-order valence-corrected chi connectivity index (χ1v) is 8.04. The number of nitrogens with one attached hydrogen (secondary N) is 2. The Hall–Kier alpha value is -3.98. The van der Waals surface area contributed by atoms with Crippen molar-refractivity contribution >= 4 is 30.0 Å². The van der Waals surface area contributed by atoms with Gasteiger partial charge in [-0.15, -0.1) is 0 Å². The van der Waals surface area contributed by atoms with Gasteiger partial charge in [0.15, 0.2) is 6.61 Å². The summed E-state index contributed by atoms with van der Waals surface area (Å²) in [5.74, 6) is -1.19. The van der Waals surface area contributed by atoms with Gasteiger partial charge in [-0.05, 0) is 53.6 Å². The van der Waals surface area contributed by atoms with Crippen molar-refractivity contribution in [1.82, 2.24) is 10.9 Å². The van der Waals surface area contributed by atoms with Crippen LogP contribution in [-0.2, 0) is 9.59 Å². The predicted molar refractivity (Wildman–Crippen MR) is 102 cm³/mol. The largest absolute Gasteiger partial charge is 0.484 e. The van der Waals surface area contributed by atoms with Crippen LogP contribution in [0.1, 0.15) is 21.5 Å². The molecule has 0 saturated heterocycles. The number of nitrogens with zero attached hydrogens (tertiary/aromatic N) is 1. The number of primary amides is 1. The van der Waals surface area contributed by atoms with E-state index in [9.17, 15) is 14.4 Å². The molecule has 28 heavy (non-hydrogen) atoms. The summed E-state index contributed by atoms with van der Waals surface area (Å²) in [4.78, 5) is 33.8. The lowest BCUT2D eigenvalue weighted by Gasteiger charge is -2.03. The molecule has 0 heterocycles. The highest BCUT2D eigenvalue weighted by atomic mass is 16.5. The molecule has 0 aromatic heterocycles. The second-order valence-corrected chi connectivity index (χ2v) is 5.46. The Balaban J connectivity index is 1.93. The first-order valence-electron chi connectivity index (χ1n) is 8.04. The maximum absolute atomic E-state index is 12.2. The summed E-state index contributed by atoms with van der Waals surface area (Å²) in [6.45, 7) is -0.206. The van der Waals surface area contributed by atoms with Crippen LogP contribution in [0.15, 0.2) is 59.7 Å². The summed E-state index contributed by atoms with van der Waals surface area (Å²) in [7, 11) is 0. The van der Waals surface area contributed by atoms with Gasteiger partial charge in [-0.2, -0.15) is 5.10 Å². The van der Waals surface area contributed by atoms with Gasteiger partial charge in [0.05, 0.1) is 6.21 Å². The number of ether oxygens (including phenoxy) is 1. The van der Waals surface area contributed by atoms with Gasteiger partial charge in [0.1, 0.15) is 5.75 Å². The summed E-state index contributed by atoms with van der Waals surface area (Å²) in [5.41, 5.74) is 10.5. The molecule has 0 saturated carbocycles. The zero-order valence-electron chi connectivity index (χ0n) is 14.7. The summed E-state index contributed by atoms with van der Waals surface area (Å²) in [6.07, 6.45) is 4.03. The number of nitrogens with two attached hydrogens (primary N) is 1. The topological polar surface area (TPSA) is 143 Å². The molecule has 2 rings (SSSR count). The summed E-state index contributed by atoms with van der Waals surface area (Å²) >= 11 is 0. The van der Waals surface area contributed by atoms with E-state index in [0.29, 0.717) is 22.4 Å². The smallest absolute Gasteiger partial charge is 0.271 e. The second-order valence-electron chi connectivity index (χ2n) is 5.46. The summed E-state index contributed by atoms with van der Waals surface area (Å²) in [6, 6.07) is 13.2. The van der Waals surface area contributed by atoms with Crippen LogP contribution >= 0.6 is 0 Å². The standard InChI is InChI=1S/C19H18N4O5/c20-17(24)12-28-16-7-4-14(5-8-16)11-21-22-19(26)15-3-1-2-13(10-15)6-9-18(25)23-27/h1-11,27H,12H2,(H2,20,24)(H,22,26)(H,23,25)/b9-6+,21-11+. The molecule has 0 atom stereocenters. The lowest BCUT2D eigenvalue weighted by atomic mass is 10.1. The molecule has 0 spiro atoms. The fraction of sp³-hybridized carbons (Fsp3) is 0.0526. The summed E-state index contributed by atoms with van der Waals surface area (Å²) < 4.78 is 5.14. The maximum Gasteiger partial charge on any atom is 0.271 e. The minimum atomic E-state index is -0.675. The monoisotopic (exact) mass is 382 g/mol. The average molecular weight is 382 g/mol. The third-order valence-electron chi connectivity index (χ3n) is 3.33. The highest BCUT2D eigenvalue weighted by Gasteiger charge is 2.04. The fourth-order valence-electron chi connectivity index (χ4n) is 2.03. The van der Waals surface area contributed by atoms with Gasteiger partial charge in [-0.1, -0.05) is 12.1 Å². The molecule has 0 radical (unpaired) electrons. The minimum Gasteiger partial charge on any atom is -0.484 e. The minimum absolute atomic E-state index is 0.206. The van der Waals surface area contributed by atoms with Crippen LogP contribution in [0, 0.1) is 0 Å². The number of hydrazone groups is 1. The van der Waals surface area contributed by atoms with E-state index in [0.717, 1.165) is 6.08 Å². The molecule has 5 N–H and O–H groups in total. The van der Waals surface area contributed by atoms with Gasteiger partial charge >= 0.3 is 0 Å². The number of amides is 3. The average Bonchev–Trinajstić information content (AvgIpc) is 2.71. The van der Waals surface area contributed by atoms with E-state index in [1.165, 1.54) is 17.8 Å². The van der Waals surface area contributed by atoms with Crippen LogP contribution in [0.2, 0.25) is 0 Å². The van der Waals surface area contributed by atoms with Crippen LogP contribution in [0.25, 0.3) is 6.08 Å². The van der Waals surface area contributed by atoms with E-state index in [4.69, 9.17) is 15.7 Å². The Morgan fingerprint density at radius 2 is 1.86 bits per heavy atom. The SMILES string of the molecule is NC(=O)COc1ccc(/C=N/NC(=O)c2cccc(/C=C/C(=O)NO)c2)cc1. The molecule has 3 amide bonds. The third kappa shape index (κ3) is 6.73. The molecule has 0 fully saturated rings. The number of hydrogen-bond acceptors (Lipinski definition) is 6. The van der Waals surface area contributed by atoms with Gasteiger partial charge in [-0.3, -0.25) is 19.6 Å². The fourth-order valence-corrected chi connectivity index (χ4v) is 2.03. The molecule has 0 unspecified atom stereocenters. The Morgan fingerprint density at radius 1 is 1.11 bits per heavy atom. The highest BCUT2D eigenvalue weighted by Crippen LogP contribution is 2.11. The van der Waals surface area contributed by atoms with E-state index in [1.807, 2.05) is 0 Å². The van der Waals surface area contributed by atoms with Crippen molar-refractivity contribution in [3.05, 3.63) is 71.3 Å². The molecule has 0 aliphatic rings. The van der Waals surface area contributed by atoms with Crippen LogP contribution in [-0.4, -0.2) is 35.8 Å². The van der Waals surface area contributed by atoms with Gasteiger partial charge in [0.2, 0.25) is 0 Å². The van der Waals surface area contributed by atoms with Crippen molar-refractivity contribution < 1.29 is 24.3 Å². The van der Waals surface area contributed by atoms with Crippen molar-refractivity contribution in [3.63, 3.8) is 0 Å². The van der Waals surface area contributed by atoms with E-state index in [-0.39, 0.29) is 6.61 Å². The van der Waals surface area contributed by atoms with Crippen molar-refractivity contribution in [3.8, 4) is 5.75 Å². The Bertz CT molecular complexity index is 907. The highest BCUT2D eigenvalue weighted by molar-refractivity contribution is 5.96. The quantitative estimate of drug-likeness (QED) is 0.231. The Morgan fingerprint density at radius 3 is 2.54 bits per heavy atom. The van der Waals surface area contributed by atoms with E-state index in [1.54, 1.807) is 48.5 Å². The maximum atomic E-state index is 12.2.